The van der Waals surface area contributed by atoms with Crippen molar-refractivity contribution in [1.82, 2.24) is 9.62 Å². The molecule has 3 rings (SSSR count). The number of halogens is 1. The molecule has 1 amide bonds. The minimum atomic E-state index is -3.65. The van der Waals surface area contributed by atoms with Crippen molar-refractivity contribution in [2.75, 3.05) is 20.2 Å². The number of amides is 1. The molecule has 2 aromatic rings. The van der Waals surface area contributed by atoms with Gasteiger partial charge in [0.15, 0.2) is 0 Å². The first kappa shape index (κ1) is 20.3. The van der Waals surface area contributed by atoms with Gasteiger partial charge in [0.1, 0.15) is 11.6 Å². The second-order valence-electron chi connectivity index (χ2n) is 6.72. The molecule has 0 radical (unpaired) electrons. The van der Waals surface area contributed by atoms with E-state index in [2.05, 4.69) is 5.32 Å². The first-order chi connectivity index (χ1) is 13.3. The van der Waals surface area contributed by atoms with Crippen LogP contribution in [0.4, 0.5) is 4.39 Å². The molecule has 6 nitrogen and oxygen atoms in total. The summed E-state index contributed by atoms with van der Waals surface area (Å²) in [6.07, 6.45) is 1.66. The van der Waals surface area contributed by atoms with E-state index in [1.807, 2.05) is 0 Å². The van der Waals surface area contributed by atoms with Crippen LogP contribution in [0.15, 0.2) is 47.4 Å². The zero-order chi connectivity index (χ0) is 20.3. The highest BCUT2D eigenvalue weighted by Crippen LogP contribution is 2.27. The number of benzene rings is 2. The van der Waals surface area contributed by atoms with Gasteiger partial charge in [-0.1, -0.05) is 12.1 Å². The Morgan fingerprint density at radius 3 is 2.39 bits per heavy atom. The molecule has 1 N–H and O–H groups in total. The fraction of sp³-hybridized carbons (Fsp3) is 0.350. The second kappa shape index (κ2) is 8.28. The minimum absolute atomic E-state index is 0.0646. The second-order valence-corrected chi connectivity index (χ2v) is 8.66. The largest absolute Gasteiger partial charge is 0.496 e. The highest BCUT2D eigenvalue weighted by molar-refractivity contribution is 7.89. The number of carbonyl (C=O) groups is 1. The first-order valence-corrected chi connectivity index (χ1v) is 10.5. The Kier molecular flexibility index (Phi) is 6.00. The van der Waals surface area contributed by atoms with E-state index in [1.54, 1.807) is 19.1 Å². The number of nitrogens with zero attached hydrogens (tertiary/aromatic N) is 1. The van der Waals surface area contributed by atoms with Crippen molar-refractivity contribution in [3.8, 4) is 5.75 Å². The predicted molar refractivity (Wildman–Crippen MR) is 103 cm³/mol. The van der Waals surface area contributed by atoms with Gasteiger partial charge in [0.25, 0.3) is 5.91 Å². The average molecular weight is 406 g/mol. The highest BCUT2D eigenvalue weighted by atomic mass is 32.2. The highest BCUT2D eigenvalue weighted by Gasteiger charge is 2.28. The summed E-state index contributed by atoms with van der Waals surface area (Å²) in [5.74, 6) is -0.542. The van der Waals surface area contributed by atoms with E-state index in [1.165, 1.54) is 41.7 Å². The molecular formula is C20H23FN2O4S. The van der Waals surface area contributed by atoms with Gasteiger partial charge in [0, 0.05) is 13.1 Å². The smallest absolute Gasteiger partial charge is 0.255 e. The van der Waals surface area contributed by atoms with Crippen LogP contribution in [0.1, 0.15) is 41.7 Å². The van der Waals surface area contributed by atoms with E-state index in [9.17, 15) is 17.6 Å². The van der Waals surface area contributed by atoms with Crippen molar-refractivity contribution >= 4 is 15.9 Å². The number of hydrogen-bond acceptors (Lipinski definition) is 4. The van der Waals surface area contributed by atoms with Gasteiger partial charge < -0.3 is 10.1 Å². The molecule has 1 aliphatic rings. The van der Waals surface area contributed by atoms with Crippen molar-refractivity contribution in [2.45, 2.75) is 30.7 Å². The van der Waals surface area contributed by atoms with Crippen LogP contribution in [0.25, 0.3) is 0 Å². The Bertz CT molecular complexity index is 955. The fourth-order valence-corrected chi connectivity index (χ4v) is 4.76. The SMILES string of the molecule is COc1ccc(S(=O)(=O)N2CCCC2)cc1C(=O)N[C@H](C)c1ccc(F)cc1. The summed E-state index contributed by atoms with van der Waals surface area (Å²) < 4.78 is 45.4. The Balaban J connectivity index is 1.87. The van der Waals surface area contributed by atoms with Gasteiger partial charge in [-0.3, -0.25) is 4.79 Å². The third kappa shape index (κ3) is 4.18. The summed E-state index contributed by atoms with van der Waals surface area (Å²) in [6, 6.07) is 9.71. The van der Waals surface area contributed by atoms with Crippen molar-refractivity contribution in [3.63, 3.8) is 0 Å². The van der Waals surface area contributed by atoms with Crippen LogP contribution in [0, 0.1) is 5.82 Å². The summed E-state index contributed by atoms with van der Waals surface area (Å²) in [6.45, 7) is 2.73. The lowest BCUT2D eigenvalue weighted by Crippen LogP contribution is -2.29. The summed E-state index contributed by atoms with van der Waals surface area (Å²) in [5.41, 5.74) is 0.867. The third-order valence-electron chi connectivity index (χ3n) is 4.84. The Hall–Kier alpha value is -2.45. The molecule has 28 heavy (non-hydrogen) atoms. The van der Waals surface area contributed by atoms with Crippen molar-refractivity contribution in [2.24, 2.45) is 0 Å². The quantitative estimate of drug-likeness (QED) is 0.800. The van der Waals surface area contributed by atoms with E-state index in [4.69, 9.17) is 4.74 Å². The fourth-order valence-electron chi connectivity index (χ4n) is 3.21. The number of hydrogen-bond donors (Lipinski definition) is 1. The van der Waals surface area contributed by atoms with E-state index in [-0.39, 0.29) is 22.0 Å². The van der Waals surface area contributed by atoms with Gasteiger partial charge in [-0.25, -0.2) is 12.8 Å². The number of carbonyl (C=O) groups excluding carboxylic acids is 1. The van der Waals surface area contributed by atoms with Crippen molar-refractivity contribution < 1.29 is 22.3 Å². The number of nitrogens with one attached hydrogen (secondary N) is 1. The molecule has 1 atom stereocenters. The van der Waals surface area contributed by atoms with Gasteiger partial charge in [-0.15, -0.1) is 0 Å². The van der Waals surface area contributed by atoms with Crippen LogP contribution in [0.5, 0.6) is 5.75 Å². The number of rotatable bonds is 6. The molecule has 2 aromatic carbocycles. The van der Waals surface area contributed by atoms with Gasteiger partial charge in [0.2, 0.25) is 10.0 Å². The van der Waals surface area contributed by atoms with Crippen molar-refractivity contribution in [1.29, 1.82) is 0 Å². The van der Waals surface area contributed by atoms with Crippen LogP contribution in [-0.2, 0) is 10.0 Å². The molecule has 0 bridgehead atoms. The van der Waals surface area contributed by atoms with E-state index in [0.717, 1.165) is 18.4 Å². The van der Waals surface area contributed by atoms with E-state index < -0.39 is 22.0 Å². The molecule has 0 aliphatic carbocycles. The maximum Gasteiger partial charge on any atom is 0.255 e. The molecule has 0 spiro atoms. The van der Waals surface area contributed by atoms with Crippen LogP contribution in [0.3, 0.4) is 0 Å². The first-order valence-electron chi connectivity index (χ1n) is 9.07. The zero-order valence-corrected chi connectivity index (χ0v) is 16.6. The number of ether oxygens (including phenoxy) is 1. The van der Waals surface area contributed by atoms with Crippen molar-refractivity contribution in [3.05, 3.63) is 59.4 Å². The van der Waals surface area contributed by atoms with Gasteiger partial charge in [0.05, 0.1) is 23.6 Å². The lowest BCUT2D eigenvalue weighted by molar-refractivity contribution is 0.0936. The third-order valence-corrected chi connectivity index (χ3v) is 6.73. The molecule has 0 aromatic heterocycles. The van der Waals surface area contributed by atoms with Gasteiger partial charge >= 0.3 is 0 Å². The minimum Gasteiger partial charge on any atom is -0.496 e. The predicted octanol–water partition coefficient (Wildman–Crippen LogP) is 3.11. The summed E-state index contributed by atoms with van der Waals surface area (Å²) >= 11 is 0. The lowest BCUT2D eigenvalue weighted by Gasteiger charge is -2.18. The Labute approximate surface area is 164 Å². The maximum atomic E-state index is 13.1. The molecule has 0 saturated carbocycles. The molecule has 150 valence electrons. The monoisotopic (exact) mass is 406 g/mol. The van der Waals surface area contributed by atoms with Gasteiger partial charge in [-0.05, 0) is 55.7 Å². The average Bonchev–Trinajstić information content (AvgIpc) is 3.23. The van der Waals surface area contributed by atoms with Crippen LogP contribution in [-0.4, -0.2) is 38.8 Å². The Morgan fingerprint density at radius 2 is 1.79 bits per heavy atom. The number of methoxy groups -OCH3 is 1. The molecule has 1 heterocycles. The summed E-state index contributed by atoms with van der Waals surface area (Å²) in [7, 11) is -2.23. The van der Waals surface area contributed by atoms with Crippen LogP contribution < -0.4 is 10.1 Å². The zero-order valence-electron chi connectivity index (χ0n) is 15.8. The van der Waals surface area contributed by atoms with Crippen LogP contribution in [0.2, 0.25) is 0 Å². The topological polar surface area (TPSA) is 75.7 Å². The molecule has 1 aliphatic heterocycles. The standard InChI is InChI=1S/C20H23FN2O4S/c1-14(15-5-7-16(21)8-6-15)22-20(24)18-13-17(9-10-19(18)27-2)28(25,26)23-11-3-4-12-23/h5-10,13-14H,3-4,11-12H2,1-2H3,(H,22,24)/t14-/m1/s1. The normalized spacial score (nSPS) is 16.0. The maximum absolute atomic E-state index is 13.1. The summed E-state index contributed by atoms with van der Waals surface area (Å²) in [4.78, 5) is 12.9. The molecular weight excluding hydrogens is 383 g/mol. The Morgan fingerprint density at radius 1 is 1.14 bits per heavy atom. The summed E-state index contributed by atoms with van der Waals surface area (Å²) in [5, 5.41) is 2.81. The van der Waals surface area contributed by atoms with E-state index in [0.29, 0.717) is 13.1 Å². The molecule has 1 fully saturated rings. The number of sulfonamides is 1. The van der Waals surface area contributed by atoms with Gasteiger partial charge in [-0.2, -0.15) is 4.31 Å². The van der Waals surface area contributed by atoms with E-state index >= 15 is 0 Å². The molecule has 1 saturated heterocycles. The molecule has 0 unspecified atom stereocenters. The lowest BCUT2D eigenvalue weighted by atomic mass is 10.1. The molecule has 8 heteroatoms. The van der Waals surface area contributed by atoms with Crippen LogP contribution >= 0.6 is 0 Å².